The second kappa shape index (κ2) is 14.1. The highest BCUT2D eigenvalue weighted by atomic mass is 35.5. The molecule has 2 aromatic heterocycles. The summed E-state index contributed by atoms with van der Waals surface area (Å²) in [7, 11) is 1.67. The SMILES string of the molecule is CCn1cc(-c2cc(Cn3ccn(C)c3=NC(=O)OC(C)(C)C)cc3c2OCC(Cc2ccc(Cl)c(OCC(=O)O)c2)C3=O)c(C(F)(F)F)n1. The topological polar surface area (TPSA) is 139 Å². The fourth-order valence-corrected chi connectivity index (χ4v) is 5.67. The van der Waals surface area contributed by atoms with Gasteiger partial charge in [0.2, 0.25) is 5.62 Å². The minimum atomic E-state index is -4.80. The van der Waals surface area contributed by atoms with Crippen LogP contribution in [0.3, 0.4) is 0 Å². The molecule has 0 saturated heterocycles. The first-order valence-corrected chi connectivity index (χ1v) is 15.9. The molecule has 1 N–H and O–H groups in total. The van der Waals surface area contributed by atoms with E-state index in [-0.39, 0.29) is 70.7 Å². The monoisotopic (exact) mass is 717 g/mol. The summed E-state index contributed by atoms with van der Waals surface area (Å²) in [5.74, 6) is -2.19. The number of hydrogen-bond acceptors (Lipinski definition) is 7. The lowest BCUT2D eigenvalue weighted by Gasteiger charge is -2.27. The van der Waals surface area contributed by atoms with E-state index >= 15 is 0 Å². The third-order valence-corrected chi connectivity index (χ3v) is 7.98. The van der Waals surface area contributed by atoms with Crippen LogP contribution in [-0.4, -0.2) is 60.7 Å². The van der Waals surface area contributed by atoms with Crippen molar-refractivity contribution < 1.29 is 46.9 Å². The lowest BCUT2D eigenvalue weighted by atomic mass is 9.86. The molecular formula is C34H35ClF3N5O7. The van der Waals surface area contributed by atoms with Crippen molar-refractivity contribution in [3.05, 3.63) is 81.9 Å². The normalized spacial score (nSPS) is 15.1. The number of benzene rings is 2. The third kappa shape index (κ3) is 8.21. The molecule has 1 aliphatic rings. The number of rotatable bonds is 9. The fourth-order valence-electron chi connectivity index (χ4n) is 5.49. The molecule has 0 fully saturated rings. The molecule has 0 radical (unpaired) electrons. The predicted octanol–water partition coefficient (Wildman–Crippen LogP) is 6.16. The number of aliphatic carboxylic acids is 1. The maximum atomic E-state index is 14.3. The first-order chi connectivity index (χ1) is 23.4. The van der Waals surface area contributed by atoms with Crippen molar-refractivity contribution in [2.45, 2.75) is 59.0 Å². The van der Waals surface area contributed by atoms with Crippen molar-refractivity contribution in [3.8, 4) is 22.6 Å². The molecule has 1 atom stereocenters. The summed E-state index contributed by atoms with van der Waals surface area (Å²) in [6.07, 6.45) is -0.918. The van der Waals surface area contributed by atoms with Gasteiger partial charge < -0.3 is 28.5 Å². The minimum absolute atomic E-state index is 0.00512. The van der Waals surface area contributed by atoms with Gasteiger partial charge in [-0.15, -0.1) is 4.99 Å². The smallest absolute Gasteiger partial charge is 0.437 e. The van der Waals surface area contributed by atoms with E-state index in [2.05, 4.69) is 10.1 Å². The molecule has 1 aliphatic heterocycles. The second-order valence-corrected chi connectivity index (χ2v) is 13.1. The number of imidazole rings is 1. The van der Waals surface area contributed by atoms with Crippen LogP contribution >= 0.6 is 11.6 Å². The van der Waals surface area contributed by atoms with E-state index in [1.54, 1.807) is 68.4 Å². The zero-order valence-electron chi connectivity index (χ0n) is 27.9. The van der Waals surface area contributed by atoms with Crippen LogP contribution in [0.25, 0.3) is 11.1 Å². The average Bonchev–Trinajstić information content (AvgIpc) is 3.61. The van der Waals surface area contributed by atoms with E-state index in [1.807, 2.05) is 0 Å². The summed E-state index contributed by atoms with van der Waals surface area (Å²) in [5, 5.41) is 12.9. The van der Waals surface area contributed by atoms with E-state index in [9.17, 15) is 27.6 Å². The van der Waals surface area contributed by atoms with Crippen LogP contribution in [0.15, 0.2) is 53.9 Å². The van der Waals surface area contributed by atoms with Gasteiger partial charge in [-0.1, -0.05) is 17.7 Å². The second-order valence-electron chi connectivity index (χ2n) is 12.7. The van der Waals surface area contributed by atoms with Gasteiger partial charge in [-0.05, 0) is 69.5 Å². The number of carboxylic acid groups (broad SMARTS) is 1. The number of alkyl halides is 3. The fraction of sp³-hybridized carbons (Fsp3) is 0.382. The molecule has 5 rings (SSSR count). The minimum Gasteiger partial charge on any atom is -0.491 e. The van der Waals surface area contributed by atoms with Crippen molar-refractivity contribution in [1.82, 2.24) is 18.9 Å². The Kier molecular flexibility index (Phi) is 10.2. The molecule has 2 aromatic carbocycles. The van der Waals surface area contributed by atoms with Gasteiger partial charge in [-0.3, -0.25) is 9.48 Å². The molecule has 16 heteroatoms. The molecule has 3 heterocycles. The summed E-state index contributed by atoms with van der Waals surface area (Å²) in [5.41, 5.74) is -0.816. The number of carbonyl (C=O) groups is 3. The van der Waals surface area contributed by atoms with Crippen LogP contribution in [0.1, 0.15) is 54.9 Å². The lowest BCUT2D eigenvalue weighted by Crippen LogP contribution is -2.31. The lowest BCUT2D eigenvalue weighted by molar-refractivity contribution is -0.141. The van der Waals surface area contributed by atoms with E-state index < -0.39 is 42.1 Å². The Bertz CT molecular complexity index is 2020. The Hall–Kier alpha value is -5.05. The van der Waals surface area contributed by atoms with Gasteiger partial charge in [0.15, 0.2) is 18.1 Å². The van der Waals surface area contributed by atoms with E-state index in [0.29, 0.717) is 11.1 Å². The average molecular weight is 718 g/mol. The number of nitrogens with zero attached hydrogens (tertiary/aromatic N) is 5. The van der Waals surface area contributed by atoms with Crippen molar-refractivity contribution >= 4 is 29.4 Å². The van der Waals surface area contributed by atoms with Crippen LogP contribution in [-0.2, 0) is 42.3 Å². The quantitative estimate of drug-likeness (QED) is 0.217. The predicted molar refractivity (Wildman–Crippen MR) is 174 cm³/mol. The number of aromatic nitrogens is 4. The number of ketones is 1. The summed E-state index contributed by atoms with van der Waals surface area (Å²) in [6.45, 7) is 6.20. The van der Waals surface area contributed by atoms with Crippen molar-refractivity contribution in [2.24, 2.45) is 18.0 Å². The van der Waals surface area contributed by atoms with Crippen LogP contribution in [0.5, 0.6) is 11.5 Å². The molecule has 266 valence electrons. The zero-order valence-corrected chi connectivity index (χ0v) is 28.6. The van der Waals surface area contributed by atoms with Crippen molar-refractivity contribution in [3.63, 3.8) is 0 Å². The highest BCUT2D eigenvalue weighted by Crippen LogP contribution is 2.44. The van der Waals surface area contributed by atoms with E-state index in [4.69, 9.17) is 30.9 Å². The van der Waals surface area contributed by atoms with Crippen molar-refractivity contribution in [1.29, 1.82) is 0 Å². The van der Waals surface area contributed by atoms with Gasteiger partial charge in [0.05, 0.1) is 29.7 Å². The van der Waals surface area contributed by atoms with Gasteiger partial charge >= 0.3 is 18.2 Å². The van der Waals surface area contributed by atoms with Gasteiger partial charge in [0, 0.05) is 43.3 Å². The molecule has 1 amide bonds. The molecule has 0 spiro atoms. The molecular weight excluding hydrogens is 683 g/mol. The zero-order chi connectivity index (χ0) is 36.5. The molecule has 0 bridgehead atoms. The van der Waals surface area contributed by atoms with Crippen LogP contribution in [0.4, 0.5) is 18.0 Å². The largest absolute Gasteiger partial charge is 0.491 e. The first-order valence-electron chi connectivity index (χ1n) is 15.5. The summed E-state index contributed by atoms with van der Waals surface area (Å²) in [6, 6.07) is 7.80. The number of Topliss-reactive ketones (excluding diaryl/α,β-unsaturated/α-hetero) is 1. The Balaban J connectivity index is 1.59. The van der Waals surface area contributed by atoms with Crippen LogP contribution in [0, 0.1) is 5.92 Å². The molecule has 1 unspecified atom stereocenters. The van der Waals surface area contributed by atoms with Gasteiger partial charge in [-0.25, -0.2) is 9.59 Å². The number of carboxylic acids is 1. The van der Waals surface area contributed by atoms with Crippen LogP contribution in [0.2, 0.25) is 5.02 Å². The first kappa shape index (κ1) is 36.2. The number of fused-ring (bicyclic) bond motifs is 1. The Morgan fingerprint density at radius 1 is 1.10 bits per heavy atom. The third-order valence-electron chi connectivity index (χ3n) is 7.67. The molecule has 4 aromatic rings. The Labute approximate surface area is 289 Å². The maximum absolute atomic E-state index is 14.3. The summed E-state index contributed by atoms with van der Waals surface area (Å²) >= 11 is 6.17. The number of ether oxygens (including phenoxy) is 3. The molecule has 0 saturated carbocycles. The van der Waals surface area contributed by atoms with Crippen LogP contribution < -0.4 is 15.1 Å². The summed E-state index contributed by atoms with van der Waals surface area (Å²) < 4.78 is 64.0. The standard InChI is InChI=1S/C34H35ClF3N5O7/c1-6-43-16-24(30(40-43)34(36,37)38)22-12-20(15-42-10-9-41(5)31(42)39-32(47)50-33(2,3)4)13-23-28(46)21(17-49-29(22)23)11-19-7-8-25(35)26(14-19)48-18-27(44)45/h7-10,12-14,16,21H,6,11,15,17-18H2,1-5H3,(H,44,45). The van der Waals surface area contributed by atoms with E-state index in [1.165, 1.54) is 29.1 Å². The van der Waals surface area contributed by atoms with Crippen molar-refractivity contribution in [2.75, 3.05) is 13.2 Å². The highest BCUT2D eigenvalue weighted by Gasteiger charge is 2.40. The molecule has 50 heavy (non-hydrogen) atoms. The summed E-state index contributed by atoms with van der Waals surface area (Å²) in [4.78, 5) is 41.8. The molecule has 12 nitrogen and oxygen atoms in total. The Morgan fingerprint density at radius 2 is 1.82 bits per heavy atom. The van der Waals surface area contributed by atoms with Gasteiger partial charge in [0.1, 0.15) is 17.1 Å². The Morgan fingerprint density at radius 3 is 2.48 bits per heavy atom. The van der Waals surface area contributed by atoms with Gasteiger partial charge in [0.25, 0.3) is 0 Å². The van der Waals surface area contributed by atoms with Gasteiger partial charge in [-0.2, -0.15) is 18.3 Å². The maximum Gasteiger partial charge on any atom is 0.437 e. The number of hydrogen-bond donors (Lipinski definition) is 1. The molecule has 0 aliphatic carbocycles. The number of amides is 1. The highest BCUT2D eigenvalue weighted by molar-refractivity contribution is 6.32. The van der Waals surface area contributed by atoms with E-state index in [0.717, 1.165) is 0 Å². The number of aryl methyl sites for hydroxylation is 2. The number of carbonyl (C=O) groups excluding carboxylic acids is 2. The number of halogens is 4.